The molecular weight excluding hydrogens is 420 g/mol. The predicted molar refractivity (Wildman–Crippen MR) is 77.7 cm³/mol. The molecule has 0 radical (unpaired) electrons. The monoisotopic (exact) mass is 426 g/mol. The molecule has 0 spiro atoms. The molecule has 0 heterocycles. The molecule has 2 rings (SSSR count). The molecule has 1 unspecified atom stereocenters. The Bertz CT molecular complexity index is 668. The highest BCUT2D eigenvalue weighted by Gasteiger charge is 2.24. The van der Waals surface area contributed by atoms with Gasteiger partial charge in [0, 0.05) is 29.3 Å². The first-order valence-electron chi connectivity index (χ1n) is 5.66. The van der Waals surface area contributed by atoms with Gasteiger partial charge in [-0.2, -0.15) is 0 Å². The first kappa shape index (κ1) is 16.3. The Hall–Kier alpha value is -1.08. The van der Waals surface area contributed by atoms with Crippen LogP contribution < -0.4 is 4.74 Å². The van der Waals surface area contributed by atoms with E-state index in [1.54, 1.807) is 0 Å². The molecule has 112 valence electrons. The van der Waals surface area contributed by atoms with Gasteiger partial charge in [-0.3, -0.25) is 0 Å². The number of ether oxygens (including phenoxy) is 1. The van der Waals surface area contributed by atoms with Crippen LogP contribution in [0.15, 0.2) is 28.7 Å². The number of hydrogen-bond donors (Lipinski definition) is 0. The molecule has 2 aromatic rings. The Kier molecular flexibility index (Phi) is 4.93. The second-order valence-corrected chi connectivity index (χ2v) is 5.92. The third-order valence-corrected chi connectivity index (χ3v) is 4.40. The van der Waals surface area contributed by atoms with Crippen molar-refractivity contribution in [3.63, 3.8) is 0 Å². The van der Waals surface area contributed by atoms with Crippen LogP contribution in [-0.4, -0.2) is 7.11 Å². The van der Waals surface area contributed by atoms with E-state index in [1.165, 1.54) is 13.2 Å². The van der Waals surface area contributed by atoms with E-state index in [1.807, 2.05) is 0 Å². The average molecular weight is 428 g/mol. The molecule has 0 fully saturated rings. The molecule has 0 N–H and O–H groups in total. The fraction of sp³-hybridized carbons (Fsp3) is 0.143. The summed E-state index contributed by atoms with van der Waals surface area (Å²) in [6.07, 6.45) is 0. The van der Waals surface area contributed by atoms with E-state index in [-0.39, 0.29) is 15.8 Å². The minimum atomic E-state index is -1.04. The zero-order valence-electron chi connectivity index (χ0n) is 10.6. The second kappa shape index (κ2) is 6.36. The lowest BCUT2D eigenvalue weighted by Crippen LogP contribution is -2.04. The fourth-order valence-corrected chi connectivity index (χ4v) is 3.03. The lowest BCUT2D eigenvalue weighted by Gasteiger charge is -2.17. The lowest BCUT2D eigenvalue weighted by molar-refractivity contribution is 0.406. The topological polar surface area (TPSA) is 9.23 Å². The third kappa shape index (κ3) is 3.23. The van der Waals surface area contributed by atoms with Gasteiger partial charge in [-0.05, 0) is 22.0 Å². The van der Waals surface area contributed by atoms with Crippen molar-refractivity contribution in [2.45, 2.75) is 4.83 Å². The van der Waals surface area contributed by atoms with Crippen LogP contribution in [0, 0.1) is 23.3 Å². The zero-order valence-corrected chi connectivity index (χ0v) is 13.7. The molecule has 2 aromatic carbocycles. The van der Waals surface area contributed by atoms with Gasteiger partial charge in [-0.15, -0.1) is 0 Å². The quantitative estimate of drug-likeness (QED) is 0.464. The summed E-state index contributed by atoms with van der Waals surface area (Å²) in [7, 11) is 1.31. The van der Waals surface area contributed by atoms with Gasteiger partial charge in [-0.1, -0.05) is 15.9 Å². The van der Waals surface area contributed by atoms with Crippen molar-refractivity contribution in [3.05, 3.63) is 63.1 Å². The normalized spacial score (nSPS) is 12.3. The van der Waals surface area contributed by atoms with Gasteiger partial charge in [0.1, 0.15) is 29.0 Å². The summed E-state index contributed by atoms with van der Waals surface area (Å²) in [5.74, 6) is -3.56. The van der Waals surface area contributed by atoms with Crippen LogP contribution >= 0.6 is 31.9 Å². The SMILES string of the molecule is COc1cc(F)c(Br)cc1C(Br)c1c(F)cc(F)cc1F. The Morgan fingerprint density at radius 1 is 0.952 bits per heavy atom. The van der Waals surface area contributed by atoms with Gasteiger partial charge in [0.25, 0.3) is 0 Å². The molecule has 0 aromatic heterocycles. The number of alkyl halides is 1. The number of hydrogen-bond acceptors (Lipinski definition) is 1. The van der Waals surface area contributed by atoms with Crippen molar-refractivity contribution in [1.29, 1.82) is 0 Å². The summed E-state index contributed by atoms with van der Waals surface area (Å²) in [5.41, 5.74) is -0.0802. The van der Waals surface area contributed by atoms with E-state index in [4.69, 9.17) is 4.74 Å². The first-order chi connectivity index (χ1) is 9.85. The summed E-state index contributed by atoms with van der Waals surface area (Å²) >= 11 is 6.15. The van der Waals surface area contributed by atoms with Gasteiger partial charge >= 0.3 is 0 Å². The van der Waals surface area contributed by atoms with Crippen LogP contribution in [-0.2, 0) is 0 Å². The Labute approximate surface area is 135 Å². The predicted octanol–water partition coefficient (Wildman–Crippen LogP) is 5.50. The summed E-state index contributed by atoms with van der Waals surface area (Å²) in [6, 6.07) is 3.60. The summed E-state index contributed by atoms with van der Waals surface area (Å²) in [4.78, 5) is -0.968. The molecule has 0 aliphatic heterocycles. The number of benzene rings is 2. The highest BCUT2D eigenvalue weighted by Crippen LogP contribution is 2.41. The highest BCUT2D eigenvalue weighted by molar-refractivity contribution is 9.10. The summed E-state index contributed by atoms with van der Waals surface area (Å²) in [5, 5.41) is 0. The van der Waals surface area contributed by atoms with Crippen LogP contribution in [0.4, 0.5) is 17.6 Å². The minimum absolute atomic E-state index is 0.112. The standard InChI is InChI=1S/C14H8Br2F4O/c1-21-12-5-9(18)8(15)4-7(12)14(16)13-10(19)2-6(17)3-11(13)20/h2-5,14H,1H3. The van der Waals surface area contributed by atoms with Crippen LogP contribution in [0.5, 0.6) is 5.75 Å². The minimum Gasteiger partial charge on any atom is -0.496 e. The van der Waals surface area contributed by atoms with E-state index in [2.05, 4.69) is 31.9 Å². The summed E-state index contributed by atoms with van der Waals surface area (Å²) in [6.45, 7) is 0. The summed E-state index contributed by atoms with van der Waals surface area (Å²) < 4.78 is 59.2. The molecule has 1 atom stereocenters. The number of methoxy groups -OCH3 is 1. The maximum absolute atomic E-state index is 13.8. The smallest absolute Gasteiger partial charge is 0.141 e. The second-order valence-electron chi connectivity index (χ2n) is 4.15. The average Bonchev–Trinajstić information content (AvgIpc) is 2.39. The zero-order chi connectivity index (χ0) is 15.7. The van der Waals surface area contributed by atoms with Crippen molar-refractivity contribution >= 4 is 31.9 Å². The van der Waals surface area contributed by atoms with E-state index in [9.17, 15) is 17.6 Å². The number of halogens is 6. The van der Waals surface area contributed by atoms with Crippen molar-refractivity contribution in [2.24, 2.45) is 0 Å². The molecule has 7 heteroatoms. The first-order valence-corrected chi connectivity index (χ1v) is 7.37. The molecule has 21 heavy (non-hydrogen) atoms. The van der Waals surface area contributed by atoms with Gasteiger partial charge in [0.2, 0.25) is 0 Å². The molecule has 0 saturated carbocycles. The van der Waals surface area contributed by atoms with Crippen molar-refractivity contribution in [3.8, 4) is 5.75 Å². The van der Waals surface area contributed by atoms with Crippen LogP contribution in [0.2, 0.25) is 0 Å². The maximum atomic E-state index is 13.8. The van der Waals surface area contributed by atoms with E-state index < -0.39 is 28.1 Å². The molecule has 0 aliphatic rings. The molecule has 0 amide bonds. The maximum Gasteiger partial charge on any atom is 0.141 e. The highest BCUT2D eigenvalue weighted by atomic mass is 79.9. The van der Waals surface area contributed by atoms with Crippen LogP contribution in [0.1, 0.15) is 16.0 Å². The molecule has 0 bridgehead atoms. The van der Waals surface area contributed by atoms with E-state index >= 15 is 0 Å². The lowest BCUT2D eigenvalue weighted by atomic mass is 10.0. The number of rotatable bonds is 3. The van der Waals surface area contributed by atoms with Gasteiger partial charge in [0.15, 0.2) is 0 Å². The largest absolute Gasteiger partial charge is 0.496 e. The van der Waals surface area contributed by atoms with Crippen LogP contribution in [0.25, 0.3) is 0 Å². The van der Waals surface area contributed by atoms with E-state index in [0.29, 0.717) is 17.7 Å². The molecular formula is C14H8Br2F4O. The molecule has 0 saturated heterocycles. The van der Waals surface area contributed by atoms with Gasteiger partial charge < -0.3 is 4.74 Å². The molecule has 0 aliphatic carbocycles. The fourth-order valence-electron chi connectivity index (χ4n) is 1.87. The molecule has 1 nitrogen and oxygen atoms in total. The van der Waals surface area contributed by atoms with Crippen molar-refractivity contribution < 1.29 is 22.3 Å². The van der Waals surface area contributed by atoms with Gasteiger partial charge in [-0.25, -0.2) is 17.6 Å². The van der Waals surface area contributed by atoms with Crippen LogP contribution in [0.3, 0.4) is 0 Å². The Balaban J connectivity index is 2.60. The van der Waals surface area contributed by atoms with Crippen molar-refractivity contribution in [1.82, 2.24) is 0 Å². The Morgan fingerprint density at radius 2 is 1.52 bits per heavy atom. The Morgan fingerprint density at radius 3 is 2.05 bits per heavy atom. The van der Waals surface area contributed by atoms with E-state index in [0.717, 1.165) is 6.07 Å². The van der Waals surface area contributed by atoms with Crippen molar-refractivity contribution in [2.75, 3.05) is 7.11 Å². The third-order valence-electron chi connectivity index (χ3n) is 2.84. The van der Waals surface area contributed by atoms with Gasteiger partial charge in [0.05, 0.1) is 16.4 Å².